The van der Waals surface area contributed by atoms with Crippen LogP contribution in [0, 0.1) is 0 Å². The number of carbonyl (C=O) groups is 2. The molecule has 0 aromatic heterocycles. The van der Waals surface area contributed by atoms with Gasteiger partial charge in [0, 0.05) is 12.6 Å². The molecule has 2 amide bonds. The van der Waals surface area contributed by atoms with Gasteiger partial charge < -0.3 is 10.6 Å². The van der Waals surface area contributed by atoms with Crippen LogP contribution in [0.4, 0.5) is 0 Å². The molecule has 0 aliphatic carbocycles. The van der Waals surface area contributed by atoms with Crippen LogP contribution in [0.1, 0.15) is 33.6 Å². The highest BCUT2D eigenvalue weighted by Crippen LogP contribution is 1.94. The summed E-state index contributed by atoms with van der Waals surface area (Å²) in [6, 6.07) is 0.235. The zero-order chi connectivity index (χ0) is 12.4. The van der Waals surface area contributed by atoms with Gasteiger partial charge in [0.2, 0.25) is 11.8 Å². The topological polar surface area (TPSA) is 70.2 Å². The molecular formula is C11H23N3O2. The molecular weight excluding hydrogens is 206 g/mol. The van der Waals surface area contributed by atoms with E-state index in [-0.39, 0.29) is 30.9 Å². The highest BCUT2D eigenvalue weighted by atomic mass is 16.2. The molecule has 0 heterocycles. The maximum absolute atomic E-state index is 11.4. The van der Waals surface area contributed by atoms with E-state index in [9.17, 15) is 9.59 Å². The lowest BCUT2D eigenvalue weighted by Gasteiger charge is -2.14. The van der Waals surface area contributed by atoms with Gasteiger partial charge in [0.15, 0.2) is 0 Å². The second kappa shape index (κ2) is 9.15. The summed E-state index contributed by atoms with van der Waals surface area (Å²) in [6.45, 7) is 6.92. The van der Waals surface area contributed by atoms with Gasteiger partial charge in [-0.05, 0) is 19.8 Å². The lowest BCUT2D eigenvalue weighted by Crippen LogP contribution is -2.42. The van der Waals surface area contributed by atoms with Crippen LogP contribution in [0.2, 0.25) is 0 Å². The van der Waals surface area contributed by atoms with Crippen LogP contribution in [0.25, 0.3) is 0 Å². The van der Waals surface area contributed by atoms with Gasteiger partial charge in [0.1, 0.15) is 0 Å². The molecule has 0 rings (SSSR count). The monoisotopic (exact) mass is 229 g/mol. The van der Waals surface area contributed by atoms with Gasteiger partial charge >= 0.3 is 0 Å². The summed E-state index contributed by atoms with van der Waals surface area (Å²) in [5.41, 5.74) is 0. The van der Waals surface area contributed by atoms with Crippen LogP contribution in [0.3, 0.4) is 0 Å². The summed E-state index contributed by atoms with van der Waals surface area (Å²) in [6.07, 6.45) is 1.86. The Morgan fingerprint density at radius 3 is 2.06 bits per heavy atom. The minimum Gasteiger partial charge on any atom is -0.355 e. The van der Waals surface area contributed by atoms with Crippen molar-refractivity contribution >= 4 is 11.8 Å². The first-order chi connectivity index (χ1) is 7.63. The van der Waals surface area contributed by atoms with Crippen molar-refractivity contribution in [2.24, 2.45) is 0 Å². The number of hydrogen-bond acceptors (Lipinski definition) is 3. The predicted octanol–water partition coefficient (Wildman–Crippen LogP) is 0.0169. The maximum Gasteiger partial charge on any atom is 0.234 e. The van der Waals surface area contributed by atoms with E-state index in [4.69, 9.17) is 0 Å². The third-order valence-electron chi connectivity index (χ3n) is 2.30. The van der Waals surface area contributed by atoms with Crippen LogP contribution in [0.15, 0.2) is 0 Å². The van der Waals surface area contributed by atoms with E-state index < -0.39 is 0 Å². The summed E-state index contributed by atoms with van der Waals surface area (Å²) >= 11 is 0. The highest BCUT2D eigenvalue weighted by Gasteiger charge is 2.08. The van der Waals surface area contributed by atoms with Crippen LogP contribution in [0.5, 0.6) is 0 Å². The molecule has 0 saturated heterocycles. The van der Waals surface area contributed by atoms with Crippen LogP contribution in [-0.2, 0) is 9.59 Å². The van der Waals surface area contributed by atoms with Crippen molar-refractivity contribution in [1.29, 1.82) is 0 Å². The fourth-order valence-corrected chi connectivity index (χ4v) is 1.32. The molecule has 0 saturated carbocycles. The molecule has 0 aromatic rings. The molecule has 0 radical (unpaired) electrons. The molecule has 0 bridgehead atoms. The van der Waals surface area contributed by atoms with Crippen LogP contribution < -0.4 is 16.0 Å². The molecule has 94 valence electrons. The molecule has 3 N–H and O–H groups in total. The largest absolute Gasteiger partial charge is 0.355 e. The van der Waals surface area contributed by atoms with E-state index in [1.807, 2.05) is 20.8 Å². The molecule has 0 aliphatic rings. The van der Waals surface area contributed by atoms with Gasteiger partial charge in [-0.2, -0.15) is 0 Å². The molecule has 5 nitrogen and oxygen atoms in total. The predicted molar refractivity (Wildman–Crippen MR) is 64.1 cm³/mol. The van der Waals surface area contributed by atoms with Gasteiger partial charge in [-0.3, -0.25) is 14.9 Å². The first-order valence-electron chi connectivity index (χ1n) is 5.90. The van der Waals surface area contributed by atoms with Crippen molar-refractivity contribution in [3.63, 3.8) is 0 Å². The zero-order valence-electron chi connectivity index (χ0n) is 10.4. The van der Waals surface area contributed by atoms with Gasteiger partial charge in [-0.15, -0.1) is 0 Å². The van der Waals surface area contributed by atoms with E-state index >= 15 is 0 Å². The Kier molecular flexibility index (Phi) is 8.52. The van der Waals surface area contributed by atoms with E-state index in [1.165, 1.54) is 0 Å². The van der Waals surface area contributed by atoms with Crippen molar-refractivity contribution < 1.29 is 9.59 Å². The van der Waals surface area contributed by atoms with E-state index in [2.05, 4.69) is 16.0 Å². The second-order valence-corrected chi connectivity index (χ2v) is 3.64. The number of rotatable bonds is 8. The maximum atomic E-state index is 11.4. The fourth-order valence-electron chi connectivity index (χ4n) is 1.32. The Balaban J connectivity index is 3.61. The number of hydrogen-bond donors (Lipinski definition) is 3. The number of likely N-dealkylation sites (N-methyl/N-ethyl adjacent to an activating group) is 1. The summed E-state index contributed by atoms with van der Waals surface area (Å²) < 4.78 is 0. The average Bonchev–Trinajstić information content (AvgIpc) is 2.26. The van der Waals surface area contributed by atoms with Gasteiger partial charge in [-0.1, -0.05) is 13.8 Å². The lowest BCUT2D eigenvalue weighted by atomic mass is 10.2. The first kappa shape index (κ1) is 14.9. The summed E-state index contributed by atoms with van der Waals surface area (Å²) in [4.78, 5) is 22.5. The molecule has 5 heteroatoms. The quantitative estimate of drug-likeness (QED) is 0.549. The van der Waals surface area contributed by atoms with E-state index in [0.717, 1.165) is 12.8 Å². The van der Waals surface area contributed by atoms with Crippen molar-refractivity contribution in [1.82, 2.24) is 16.0 Å². The van der Waals surface area contributed by atoms with Crippen LogP contribution in [-0.4, -0.2) is 37.5 Å². The SMILES string of the molecule is CCNC(=O)CNCC(=O)NC(CC)CC. The van der Waals surface area contributed by atoms with Gasteiger partial charge in [-0.25, -0.2) is 0 Å². The Labute approximate surface area is 97.4 Å². The molecule has 0 fully saturated rings. The smallest absolute Gasteiger partial charge is 0.234 e. The fraction of sp³-hybridized carbons (Fsp3) is 0.818. The van der Waals surface area contributed by atoms with Crippen molar-refractivity contribution in [2.75, 3.05) is 19.6 Å². The molecule has 0 spiro atoms. The molecule has 0 aromatic carbocycles. The number of carbonyl (C=O) groups excluding carboxylic acids is 2. The van der Waals surface area contributed by atoms with E-state index in [1.54, 1.807) is 0 Å². The van der Waals surface area contributed by atoms with Crippen molar-refractivity contribution in [3.8, 4) is 0 Å². The first-order valence-corrected chi connectivity index (χ1v) is 5.90. The molecule has 0 atom stereocenters. The van der Waals surface area contributed by atoms with E-state index in [0.29, 0.717) is 6.54 Å². The number of nitrogens with one attached hydrogen (secondary N) is 3. The third kappa shape index (κ3) is 7.23. The second-order valence-electron chi connectivity index (χ2n) is 3.64. The Bertz CT molecular complexity index is 215. The third-order valence-corrected chi connectivity index (χ3v) is 2.30. The minimum atomic E-state index is -0.0853. The van der Waals surface area contributed by atoms with Crippen LogP contribution >= 0.6 is 0 Å². The van der Waals surface area contributed by atoms with Crippen molar-refractivity contribution in [2.45, 2.75) is 39.7 Å². The molecule has 0 aliphatic heterocycles. The standard InChI is InChI=1S/C11H23N3O2/c1-4-9(5-2)14-11(16)8-12-7-10(15)13-6-3/h9,12H,4-8H2,1-3H3,(H,13,15)(H,14,16). The Morgan fingerprint density at radius 2 is 1.56 bits per heavy atom. The average molecular weight is 229 g/mol. The summed E-state index contributed by atoms with van der Waals surface area (Å²) in [5.74, 6) is -0.143. The lowest BCUT2D eigenvalue weighted by molar-refractivity contribution is -0.121. The minimum absolute atomic E-state index is 0.0574. The highest BCUT2D eigenvalue weighted by molar-refractivity contribution is 5.81. The molecule has 16 heavy (non-hydrogen) atoms. The number of amides is 2. The Morgan fingerprint density at radius 1 is 1.00 bits per heavy atom. The summed E-state index contributed by atoms with van der Waals surface area (Å²) in [7, 11) is 0. The van der Waals surface area contributed by atoms with Gasteiger partial charge in [0.05, 0.1) is 13.1 Å². The van der Waals surface area contributed by atoms with Gasteiger partial charge in [0.25, 0.3) is 0 Å². The molecule has 0 unspecified atom stereocenters. The Hall–Kier alpha value is -1.10. The zero-order valence-corrected chi connectivity index (χ0v) is 10.4. The normalized spacial score (nSPS) is 10.2. The van der Waals surface area contributed by atoms with Crippen molar-refractivity contribution in [3.05, 3.63) is 0 Å². The summed E-state index contributed by atoms with van der Waals surface area (Å²) in [5, 5.41) is 8.34.